The number of amidine groups is 1. The molecular formula is C14H13N3O. The van der Waals surface area contributed by atoms with Crippen molar-refractivity contribution in [3.05, 3.63) is 65.7 Å². The molecule has 0 aliphatic carbocycles. The molecule has 1 aliphatic heterocycles. The summed E-state index contributed by atoms with van der Waals surface area (Å²) in [5.41, 5.74) is 5.05. The first-order valence-electron chi connectivity index (χ1n) is 5.77. The molecule has 90 valence electrons. The van der Waals surface area contributed by atoms with Gasteiger partial charge in [0.05, 0.1) is 0 Å². The molecule has 2 aromatic rings. The lowest BCUT2D eigenvalue weighted by Crippen LogP contribution is -2.28. The van der Waals surface area contributed by atoms with Crippen molar-refractivity contribution in [1.29, 1.82) is 0 Å². The van der Waals surface area contributed by atoms with Crippen molar-refractivity contribution in [2.45, 2.75) is 6.17 Å². The van der Waals surface area contributed by atoms with Crippen molar-refractivity contribution in [2.24, 2.45) is 4.99 Å². The molecule has 0 spiro atoms. The molecule has 0 radical (unpaired) electrons. The summed E-state index contributed by atoms with van der Waals surface area (Å²) in [5, 5.41) is 12.5. The first-order valence-corrected chi connectivity index (χ1v) is 5.77. The lowest BCUT2D eigenvalue weighted by atomic mass is 10.1. The number of anilines is 1. The van der Waals surface area contributed by atoms with E-state index < -0.39 is 0 Å². The van der Waals surface area contributed by atoms with E-state index in [1.54, 1.807) is 0 Å². The number of hydrogen-bond donors (Lipinski definition) is 3. The van der Waals surface area contributed by atoms with Crippen LogP contribution in [-0.2, 0) is 0 Å². The summed E-state index contributed by atoms with van der Waals surface area (Å²) in [6, 6.07) is 17.7. The predicted octanol–water partition coefficient (Wildman–Crippen LogP) is 2.54. The second-order valence-electron chi connectivity index (χ2n) is 4.09. The Kier molecular flexibility index (Phi) is 2.70. The lowest BCUT2D eigenvalue weighted by molar-refractivity contribution is 0.234. The van der Waals surface area contributed by atoms with Gasteiger partial charge in [0.2, 0.25) is 0 Å². The molecule has 0 aromatic heterocycles. The van der Waals surface area contributed by atoms with Crippen molar-refractivity contribution in [2.75, 3.05) is 5.32 Å². The molecule has 4 nitrogen and oxygen atoms in total. The number of nitrogens with zero attached hydrogens (tertiary/aromatic N) is 1. The molecule has 1 atom stereocenters. The highest BCUT2D eigenvalue weighted by atomic mass is 16.5. The van der Waals surface area contributed by atoms with E-state index in [9.17, 15) is 5.21 Å². The van der Waals surface area contributed by atoms with E-state index in [0.29, 0.717) is 5.84 Å². The van der Waals surface area contributed by atoms with E-state index in [1.807, 2.05) is 54.6 Å². The van der Waals surface area contributed by atoms with Gasteiger partial charge in [-0.1, -0.05) is 42.5 Å². The van der Waals surface area contributed by atoms with E-state index >= 15 is 0 Å². The van der Waals surface area contributed by atoms with Crippen LogP contribution >= 0.6 is 0 Å². The Labute approximate surface area is 105 Å². The fraction of sp³-hybridized carbons (Fsp3) is 0.0714. The Morgan fingerprint density at radius 2 is 1.72 bits per heavy atom. The highest BCUT2D eigenvalue weighted by Crippen LogP contribution is 2.28. The molecule has 0 amide bonds. The number of aliphatic imine (C=N–C) groups is 1. The second-order valence-corrected chi connectivity index (χ2v) is 4.09. The normalized spacial score (nSPS) is 17.4. The van der Waals surface area contributed by atoms with Gasteiger partial charge in [-0.2, -0.15) is 0 Å². The van der Waals surface area contributed by atoms with Crippen LogP contribution in [0.4, 0.5) is 5.69 Å². The third kappa shape index (κ3) is 1.83. The highest BCUT2D eigenvalue weighted by molar-refractivity contribution is 6.04. The molecule has 2 aromatic carbocycles. The first-order chi connectivity index (χ1) is 8.88. The Hall–Kier alpha value is -2.33. The quantitative estimate of drug-likeness (QED) is 0.670. The van der Waals surface area contributed by atoms with Crippen LogP contribution in [0.3, 0.4) is 0 Å². The monoisotopic (exact) mass is 239 g/mol. The van der Waals surface area contributed by atoms with E-state index in [2.05, 4.69) is 15.8 Å². The number of nitrogens with one attached hydrogen (secondary N) is 2. The summed E-state index contributed by atoms with van der Waals surface area (Å²) >= 11 is 0. The van der Waals surface area contributed by atoms with Crippen LogP contribution in [0, 0.1) is 0 Å². The molecule has 18 heavy (non-hydrogen) atoms. The third-order valence-corrected chi connectivity index (χ3v) is 2.95. The summed E-state index contributed by atoms with van der Waals surface area (Å²) in [4.78, 5) is 4.46. The molecule has 4 heteroatoms. The van der Waals surface area contributed by atoms with Gasteiger partial charge in [-0.3, -0.25) is 10.7 Å². The lowest BCUT2D eigenvalue weighted by Gasteiger charge is -2.25. The minimum atomic E-state index is -0.184. The van der Waals surface area contributed by atoms with Crippen molar-refractivity contribution in [1.82, 2.24) is 5.48 Å². The third-order valence-electron chi connectivity index (χ3n) is 2.95. The average molecular weight is 239 g/mol. The molecule has 3 rings (SSSR count). The largest absolute Gasteiger partial charge is 0.359 e. The molecule has 0 fully saturated rings. The van der Waals surface area contributed by atoms with Gasteiger partial charge in [0.1, 0.15) is 6.17 Å². The fourth-order valence-electron chi connectivity index (χ4n) is 2.08. The molecule has 1 unspecified atom stereocenters. The van der Waals surface area contributed by atoms with Crippen LogP contribution in [0.15, 0.2) is 59.6 Å². The van der Waals surface area contributed by atoms with Crippen LogP contribution < -0.4 is 10.8 Å². The van der Waals surface area contributed by atoms with Crippen LogP contribution in [0.2, 0.25) is 0 Å². The molecule has 3 N–H and O–H groups in total. The molecule has 0 saturated heterocycles. The zero-order valence-corrected chi connectivity index (χ0v) is 9.67. The molecule has 0 bridgehead atoms. The van der Waals surface area contributed by atoms with Crippen LogP contribution in [-0.4, -0.2) is 11.0 Å². The van der Waals surface area contributed by atoms with Crippen LogP contribution in [0.25, 0.3) is 0 Å². The summed E-state index contributed by atoms with van der Waals surface area (Å²) in [6.07, 6.45) is -0.184. The minimum absolute atomic E-state index is 0.184. The number of fused-ring (bicyclic) bond motifs is 1. The number of rotatable bonds is 1. The SMILES string of the molecule is ONC1=NC(c2ccccc2)Nc2ccccc21. The summed E-state index contributed by atoms with van der Waals surface area (Å²) in [6.45, 7) is 0. The number of hydroxylamine groups is 1. The first kappa shape index (κ1) is 10.8. The zero-order valence-electron chi connectivity index (χ0n) is 9.67. The Morgan fingerprint density at radius 3 is 2.50 bits per heavy atom. The standard InChI is InChI=1S/C14H13N3O/c18-17-14-11-8-4-5-9-12(11)15-13(16-14)10-6-2-1-3-7-10/h1-9,13,15,18H,(H,16,17). The summed E-state index contributed by atoms with van der Waals surface area (Å²) in [5.74, 6) is 0.484. The minimum Gasteiger partial charge on any atom is -0.359 e. The van der Waals surface area contributed by atoms with Gasteiger partial charge < -0.3 is 5.32 Å². The number of para-hydroxylation sites is 1. The average Bonchev–Trinajstić information content (AvgIpc) is 2.47. The van der Waals surface area contributed by atoms with Gasteiger partial charge in [0, 0.05) is 11.3 Å². The maximum Gasteiger partial charge on any atom is 0.156 e. The van der Waals surface area contributed by atoms with Crippen molar-refractivity contribution in [3.63, 3.8) is 0 Å². The predicted molar refractivity (Wildman–Crippen MR) is 70.7 cm³/mol. The smallest absolute Gasteiger partial charge is 0.156 e. The Morgan fingerprint density at radius 1 is 1.00 bits per heavy atom. The molecule has 0 saturated carbocycles. The van der Waals surface area contributed by atoms with E-state index in [4.69, 9.17) is 0 Å². The molecule has 1 aliphatic rings. The summed E-state index contributed by atoms with van der Waals surface area (Å²) in [7, 11) is 0. The fourth-order valence-corrected chi connectivity index (χ4v) is 2.08. The molecule has 1 heterocycles. The number of benzene rings is 2. The van der Waals surface area contributed by atoms with Gasteiger partial charge >= 0.3 is 0 Å². The van der Waals surface area contributed by atoms with Gasteiger partial charge in [-0.15, -0.1) is 0 Å². The van der Waals surface area contributed by atoms with Crippen molar-refractivity contribution < 1.29 is 5.21 Å². The topological polar surface area (TPSA) is 56.6 Å². The maximum atomic E-state index is 9.19. The summed E-state index contributed by atoms with van der Waals surface area (Å²) < 4.78 is 0. The molecular weight excluding hydrogens is 226 g/mol. The van der Waals surface area contributed by atoms with E-state index in [-0.39, 0.29) is 6.17 Å². The van der Waals surface area contributed by atoms with Gasteiger partial charge in [-0.25, -0.2) is 4.99 Å². The number of hydrogen-bond acceptors (Lipinski definition) is 4. The van der Waals surface area contributed by atoms with E-state index in [0.717, 1.165) is 16.8 Å². The van der Waals surface area contributed by atoms with Crippen molar-refractivity contribution >= 4 is 11.5 Å². The maximum absolute atomic E-state index is 9.19. The van der Waals surface area contributed by atoms with Gasteiger partial charge in [0.25, 0.3) is 0 Å². The van der Waals surface area contributed by atoms with Crippen LogP contribution in [0.5, 0.6) is 0 Å². The second kappa shape index (κ2) is 4.50. The van der Waals surface area contributed by atoms with Crippen LogP contribution in [0.1, 0.15) is 17.3 Å². The highest BCUT2D eigenvalue weighted by Gasteiger charge is 2.20. The van der Waals surface area contributed by atoms with Gasteiger partial charge in [0.15, 0.2) is 5.84 Å². The Balaban J connectivity index is 2.03. The van der Waals surface area contributed by atoms with Crippen molar-refractivity contribution in [3.8, 4) is 0 Å². The zero-order chi connectivity index (χ0) is 12.4. The van der Waals surface area contributed by atoms with E-state index in [1.165, 1.54) is 0 Å². The Bertz CT molecular complexity index is 581. The van der Waals surface area contributed by atoms with Gasteiger partial charge in [-0.05, 0) is 17.7 Å².